The fraction of sp³-hybridized carbons (Fsp3) is 0.389. The monoisotopic (exact) mass is 266 g/mol. The molecule has 1 atom stereocenters. The van der Waals surface area contributed by atoms with Gasteiger partial charge in [0, 0.05) is 25.5 Å². The summed E-state index contributed by atoms with van der Waals surface area (Å²) in [5.41, 5.74) is 5.71. The quantitative estimate of drug-likeness (QED) is 0.914. The highest BCUT2D eigenvalue weighted by molar-refractivity contribution is 5.32. The predicted octanol–water partition coefficient (Wildman–Crippen LogP) is 3.60. The number of hydrogen-bond acceptors (Lipinski definition) is 2. The molecular formula is C18H22N2. The Bertz CT molecular complexity index is 577. The molecule has 0 saturated carbocycles. The molecule has 1 aromatic carbocycles. The Morgan fingerprint density at radius 1 is 1.25 bits per heavy atom. The standard InChI is InChI=1S/C18H22N2/c1-14-9-10-19-12-17(14)13-20-11-16-7-4-6-15-5-2-3-8-18(15)16/h2-3,5,8-10,12,16,20H,4,6-7,11,13H2,1H3. The van der Waals surface area contributed by atoms with Gasteiger partial charge in [0.05, 0.1) is 0 Å². The number of hydrogen-bond donors (Lipinski definition) is 1. The maximum absolute atomic E-state index is 4.21. The van der Waals surface area contributed by atoms with E-state index in [-0.39, 0.29) is 0 Å². The van der Waals surface area contributed by atoms with Crippen molar-refractivity contribution in [1.82, 2.24) is 10.3 Å². The van der Waals surface area contributed by atoms with Crippen LogP contribution in [0.2, 0.25) is 0 Å². The van der Waals surface area contributed by atoms with Gasteiger partial charge in [0.2, 0.25) is 0 Å². The SMILES string of the molecule is Cc1ccncc1CNCC1CCCc2ccccc21. The van der Waals surface area contributed by atoms with E-state index in [2.05, 4.69) is 47.6 Å². The molecule has 0 radical (unpaired) electrons. The maximum Gasteiger partial charge on any atom is 0.0315 e. The molecule has 2 nitrogen and oxygen atoms in total. The second-order valence-electron chi connectivity index (χ2n) is 5.72. The van der Waals surface area contributed by atoms with E-state index in [1.807, 2.05) is 12.4 Å². The lowest BCUT2D eigenvalue weighted by atomic mass is 9.83. The molecule has 0 aliphatic heterocycles. The van der Waals surface area contributed by atoms with Crippen LogP contribution in [0.1, 0.15) is 41.0 Å². The van der Waals surface area contributed by atoms with Crippen LogP contribution >= 0.6 is 0 Å². The summed E-state index contributed by atoms with van der Waals surface area (Å²) in [5, 5.41) is 3.61. The Labute approximate surface area is 121 Å². The van der Waals surface area contributed by atoms with Gasteiger partial charge in [0.25, 0.3) is 0 Å². The van der Waals surface area contributed by atoms with Gasteiger partial charge in [-0.2, -0.15) is 0 Å². The molecule has 2 heteroatoms. The maximum atomic E-state index is 4.21. The topological polar surface area (TPSA) is 24.9 Å². The average Bonchev–Trinajstić information content (AvgIpc) is 2.49. The molecule has 1 aliphatic carbocycles. The Kier molecular flexibility index (Phi) is 4.12. The smallest absolute Gasteiger partial charge is 0.0315 e. The molecule has 1 N–H and O–H groups in total. The van der Waals surface area contributed by atoms with Crippen molar-refractivity contribution in [3.05, 3.63) is 65.0 Å². The highest BCUT2D eigenvalue weighted by Gasteiger charge is 2.19. The molecule has 0 amide bonds. The molecule has 1 aliphatic rings. The average molecular weight is 266 g/mol. The number of pyridine rings is 1. The predicted molar refractivity (Wildman–Crippen MR) is 82.8 cm³/mol. The minimum Gasteiger partial charge on any atom is -0.312 e. The Hall–Kier alpha value is -1.67. The first kappa shape index (κ1) is 13.3. The van der Waals surface area contributed by atoms with Gasteiger partial charge in [-0.1, -0.05) is 24.3 Å². The fourth-order valence-electron chi connectivity index (χ4n) is 3.13. The fourth-order valence-corrected chi connectivity index (χ4v) is 3.13. The summed E-state index contributed by atoms with van der Waals surface area (Å²) in [6.45, 7) is 4.12. The molecule has 1 unspecified atom stereocenters. The van der Waals surface area contributed by atoms with E-state index >= 15 is 0 Å². The third kappa shape index (κ3) is 2.91. The van der Waals surface area contributed by atoms with Crippen molar-refractivity contribution in [1.29, 1.82) is 0 Å². The van der Waals surface area contributed by atoms with E-state index in [1.54, 1.807) is 11.1 Å². The van der Waals surface area contributed by atoms with Crippen molar-refractivity contribution in [2.45, 2.75) is 38.6 Å². The molecule has 1 heterocycles. The van der Waals surface area contributed by atoms with Crippen LogP contribution in [0.15, 0.2) is 42.7 Å². The van der Waals surface area contributed by atoms with Crippen molar-refractivity contribution >= 4 is 0 Å². The first-order chi connectivity index (χ1) is 9.84. The van der Waals surface area contributed by atoms with E-state index in [1.165, 1.54) is 30.4 Å². The lowest BCUT2D eigenvalue weighted by Crippen LogP contribution is -2.24. The van der Waals surface area contributed by atoms with Gasteiger partial charge >= 0.3 is 0 Å². The molecule has 1 aromatic heterocycles. The summed E-state index contributed by atoms with van der Waals surface area (Å²) in [7, 11) is 0. The van der Waals surface area contributed by atoms with E-state index in [0.29, 0.717) is 5.92 Å². The summed E-state index contributed by atoms with van der Waals surface area (Å²) in [5.74, 6) is 0.664. The van der Waals surface area contributed by atoms with Crippen LogP contribution in [0, 0.1) is 6.92 Å². The second-order valence-corrected chi connectivity index (χ2v) is 5.72. The Balaban J connectivity index is 1.61. The molecule has 0 bridgehead atoms. The third-order valence-electron chi connectivity index (χ3n) is 4.35. The van der Waals surface area contributed by atoms with E-state index in [4.69, 9.17) is 0 Å². The van der Waals surface area contributed by atoms with Crippen LogP contribution < -0.4 is 5.32 Å². The summed E-state index contributed by atoms with van der Waals surface area (Å²) in [4.78, 5) is 4.21. The van der Waals surface area contributed by atoms with Crippen molar-refractivity contribution in [3.63, 3.8) is 0 Å². The van der Waals surface area contributed by atoms with Crippen LogP contribution in [-0.2, 0) is 13.0 Å². The van der Waals surface area contributed by atoms with Gasteiger partial charge in [0.1, 0.15) is 0 Å². The number of aromatic nitrogens is 1. The van der Waals surface area contributed by atoms with Crippen LogP contribution in [0.3, 0.4) is 0 Å². The number of aryl methyl sites for hydroxylation is 2. The van der Waals surface area contributed by atoms with E-state index in [0.717, 1.165) is 13.1 Å². The van der Waals surface area contributed by atoms with Crippen molar-refractivity contribution < 1.29 is 0 Å². The minimum absolute atomic E-state index is 0.664. The first-order valence-corrected chi connectivity index (χ1v) is 7.52. The second kappa shape index (κ2) is 6.19. The number of nitrogens with one attached hydrogen (secondary N) is 1. The molecular weight excluding hydrogens is 244 g/mol. The number of fused-ring (bicyclic) bond motifs is 1. The van der Waals surface area contributed by atoms with Gasteiger partial charge < -0.3 is 5.32 Å². The van der Waals surface area contributed by atoms with Crippen LogP contribution in [0.4, 0.5) is 0 Å². The van der Waals surface area contributed by atoms with Crippen LogP contribution in [-0.4, -0.2) is 11.5 Å². The minimum atomic E-state index is 0.664. The first-order valence-electron chi connectivity index (χ1n) is 7.52. The Morgan fingerprint density at radius 2 is 2.15 bits per heavy atom. The molecule has 2 aromatic rings. The van der Waals surface area contributed by atoms with Crippen LogP contribution in [0.5, 0.6) is 0 Å². The van der Waals surface area contributed by atoms with Gasteiger partial charge in [0.15, 0.2) is 0 Å². The zero-order valence-electron chi connectivity index (χ0n) is 12.1. The van der Waals surface area contributed by atoms with E-state index < -0.39 is 0 Å². The zero-order valence-corrected chi connectivity index (χ0v) is 12.1. The van der Waals surface area contributed by atoms with Crippen molar-refractivity contribution in [2.75, 3.05) is 6.54 Å². The zero-order chi connectivity index (χ0) is 13.8. The number of benzene rings is 1. The molecule has 0 saturated heterocycles. The highest BCUT2D eigenvalue weighted by atomic mass is 14.9. The third-order valence-corrected chi connectivity index (χ3v) is 4.35. The summed E-state index contributed by atoms with van der Waals surface area (Å²) < 4.78 is 0. The number of rotatable bonds is 4. The lowest BCUT2D eigenvalue weighted by molar-refractivity contribution is 0.506. The van der Waals surface area contributed by atoms with Gasteiger partial charge in [-0.05, 0) is 60.4 Å². The molecule has 20 heavy (non-hydrogen) atoms. The summed E-state index contributed by atoms with van der Waals surface area (Å²) in [6.07, 6.45) is 7.69. The lowest BCUT2D eigenvalue weighted by Gasteiger charge is -2.25. The highest BCUT2D eigenvalue weighted by Crippen LogP contribution is 2.30. The van der Waals surface area contributed by atoms with Crippen molar-refractivity contribution in [3.8, 4) is 0 Å². The summed E-state index contributed by atoms with van der Waals surface area (Å²) >= 11 is 0. The molecule has 3 rings (SSSR count). The molecule has 0 spiro atoms. The van der Waals surface area contributed by atoms with Gasteiger partial charge in [-0.3, -0.25) is 4.98 Å². The largest absolute Gasteiger partial charge is 0.312 e. The Morgan fingerprint density at radius 3 is 3.05 bits per heavy atom. The van der Waals surface area contributed by atoms with Gasteiger partial charge in [-0.15, -0.1) is 0 Å². The molecule has 0 fully saturated rings. The summed E-state index contributed by atoms with van der Waals surface area (Å²) in [6, 6.07) is 11.0. The van der Waals surface area contributed by atoms with Crippen molar-refractivity contribution in [2.24, 2.45) is 0 Å². The van der Waals surface area contributed by atoms with Crippen LogP contribution in [0.25, 0.3) is 0 Å². The van der Waals surface area contributed by atoms with Gasteiger partial charge in [-0.25, -0.2) is 0 Å². The normalized spacial score (nSPS) is 17.8. The van der Waals surface area contributed by atoms with E-state index in [9.17, 15) is 0 Å². The molecule has 104 valence electrons. The number of nitrogens with zero attached hydrogens (tertiary/aromatic N) is 1.